The molecular weight excluding hydrogens is 440 g/mol. The van der Waals surface area contributed by atoms with Gasteiger partial charge in [0.2, 0.25) is 5.91 Å². The molecule has 0 radical (unpaired) electrons. The van der Waals surface area contributed by atoms with Crippen molar-refractivity contribution in [2.45, 2.75) is 26.2 Å². The van der Waals surface area contributed by atoms with Gasteiger partial charge in [0.05, 0.1) is 0 Å². The number of hydrogen-bond acceptors (Lipinski definition) is 6. The van der Waals surface area contributed by atoms with E-state index in [0.717, 1.165) is 54.8 Å². The first-order valence-electron chi connectivity index (χ1n) is 10.7. The number of anilines is 1. The van der Waals surface area contributed by atoms with Crippen molar-refractivity contribution in [1.82, 2.24) is 14.9 Å². The number of piperidine rings is 1. The van der Waals surface area contributed by atoms with Crippen LogP contribution in [-0.4, -0.2) is 50.8 Å². The molecule has 0 atom stereocenters. The Morgan fingerprint density at radius 2 is 1.76 bits per heavy atom. The summed E-state index contributed by atoms with van der Waals surface area (Å²) < 4.78 is 0. The normalized spacial score (nSPS) is 14.2. The van der Waals surface area contributed by atoms with E-state index in [2.05, 4.69) is 15.3 Å². The van der Waals surface area contributed by atoms with E-state index in [-0.39, 0.29) is 22.5 Å². The van der Waals surface area contributed by atoms with Crippen molar-refractivity contribution < 1.29 is 19.5 Å². The van der Waals surface area contributed by atoms with Gasteiger partial charge in [0.15, 0.2) is 5.69 Å². The van der Waals surface area contributed by atoms with E-state index in [4.69, 9.17) is 0 Å². The van der Waals surface area contributed by atoms with Crippen LogP contribution >= 0.6 is 11.3 Å². The van der Waals surface area contributed by atoms with Crippen LogP contribution in [0.5, 0.6) is 0 Å². The topological polar surface area (TPSA) is 112 Å². The first kappa shape index (κ1) is 22.6. The van der Waals surface area contributed by atoms with Crippen LogP contribution in [0, 0.1) is 5.92 Å². The summed E-state index contributed by atoms with van der Waals surface area (Å²) in [6, 6.07) is 10.8. The van der Waals surface area contributed by atoms with Crippen LogP contribution in [0.3, 0.4) is 0 Å². The first-order chi connectivity index (χ1) is 15.9. The van der Waals surface area contributed by atoms with Crippen LogP contribution in [0.1, 0.15) is 46.2 Å². The number of benzene rings is 1. The maximum atomic E-state index is 12.8. The molecule has 9 heteroatoms. The van der Waals surface area contributed by atoms with Gasteiger partial charge in [0, 0.05) is 43.5 Å². The zero-order chi connectivity index (χ0) is 23.4. The molecule has 1 aromatic carbocycles. The number of carbonyl (C=O) groups excluding carboxylic acids is 2. The van der Waals surface area contributed by atoms with Gasteiger partial charge in [0.1, 0.15) is 10.0 Å². The number of likely N-dealkylation sites (tertiary alicyclic amines) is 1. The van der Waals surface area contributed by atoms with E-state index in [1.54, 1.807) is 43.6 Å². The van der Waals surface area contributed by atoms with Crippen molar-refractivity contribution in [2.24, 2.45) is 5.92 Å². The lowest BCUT2D eigenvalue weighted by Gasteiger charge is -2.31. The minimum absolute atomic E-state index is 0.128. The second-order valence-corrected chi connectivity index (χ2v) is 9.04. The lowest BCUT2D eigenvalue weighted by Crippen LogP contribution is -2.37. The van der Waals surface area contributed by atoms with Crippen molar-refractivity contribution in [2.75, 3.05) is 18.4 Å². The molecule has 0 spiro atoms. The molecule has 3 heterocycles. The highest BCUT2D eigenvalue weighted by atomic mass is 32.1. The predicted molar refractivity (Wildman–Crippen MR) is 125 cm³/mol. The molecule has 4 rings (SSSR count). The number of carboxylic acid groups (broad SMARTS) is 1. The smallest absolute Gasteiger partial charge is 0.357 e. The SMILES string of the molecule is CC(=O)N1CCC(Cc2ccc(C(=O)Nc3sc(-c4ccncc4)nc3C(=O)O)cc2)CC1. The fraction of sp³-hybridized carbons (Fsp3) is 0.292. The molecule has 1 fully saturated rings. The third-order valence-corrected chi connectivity index (χ3v) is 6.80. The quantitative estimate of drug-likeness (QED) is 0.571. The number of nitrogens with one attached hydrogen (secondary N) is 1. The number of aromatic nitrogens is 2. The lowest BCUT2D eigenvalue weighted by molar-refractivity contribution is -0.130. The Morgan fingerprint density at radius 3 is 2.36 bits per heavy atom. The van der Waals surface area contributed by atoms with Crippen molar-refractivity contribution in [3.63, 3.8) is 0 Å². The molecule has 2 aromatic heterocycles. The zero-order valence-electron chi connectivity index (χ0n) is 18.2. The number of hydrogen-bond donors (Lipinski definition) is 2. The van der Waals surface area contributed by atoms with E-state index in [9.17, 15) is 19.5 Å². The second-order valence-electron chi connectivity index (χ2n) is 8.04. The average molecular weight is 465 g/mol. The van der Waals surface area contributed by atoms with Gasteiger partial charge in [-0.1, -0.05) is 23.5 Å². The molecule has 2 N–H and O–H groups in total. The molecule has 0 aliphatic carbocycles. The second kappa shape index (κ2) is 9.91. The molecule has 33 heavy (non-hydrogen) atoms. The van der Waals surface area contributed by atoms with E-state index >= 15 is 0 Å². The number of carbonyl (C=O) groups is 3. The number of nitrogens with zero attached hydrogens (tertiary/aromatic N) is 3. The fourth-order valence-electron chi connectivity index (χ4n) is 3.92. The molecule has 0 bridgehead atoms. The Labute approximate surface area is 195 Å². The summed E-state index contributed by atoms with van der Waals surface area (Å²) in [5.41, 5.74) is 2.13. The van der Waals surface area contributed by atoms with Crippen molar-refractivity contribution in [1.29, 1.82) is 0 Å². The summed E-state index contributed by atoms with van der Waals surface area (Å²) in [7, 11) is 0. The van der Waals surface area contributed by atoms with Crippen LogP contribution in [0.15, 0.2) is 48.8 Å². The van der Waals surface area contributed by atoms with Gasteiger partial charge in [-0.05, 0) is 55.0 Å². The van der Waals surface area contributed by atoms with Gasteiger partial charge in [-0.15, -0.1) is 0 Å². The lowest BCUT2D eigenvalue weighted by atomic mass is 9.90. The third kappa shape index (κ3) is 5.43. The Bertz CT molecular complexity index is 1150. The number of thiazole rings is 1. The van der Waals surface area contributed by atoms with Gasteiger partial charge in [-0.25, -0.2) is 9.78 Å². The Morgan fingerprint density at radius 1 is 1.09 bits per heavy atom. The minimum Gasteiger partial charge on any atom is -0.476 e. The van der Waals surface area contributed by atoms with Crippen molar-refractivity contribution in [3.05, 3.63) is 65.6 Å². The van der Waals surface area contributed by atoms with Crippen LogP contribution < -0.4 is 5.32 Å². The molecule has 3 aromatic rings. The summed E-state index contributed by atoms with van der Waals surface area (Å²) in [6.45, 7) is 3.20. The summed E-state index contributed by atoms with van der Waals surface area (Å²) in [6.07, 6.45) is 6.06. The Balaban J connectivity index is 1.41. The summed E-state index contributed by atoms with van der Waals surface area (Å²) in [4.78, 5) is 45.9. The maximum absolute atomic E-state index is 12.8. The molecule has 1 saturated heterocycles. The molecule has 170 valence electrons. The summed E-state index contributed by atoms with van der Waals surface area (Å²) >= 11 is 1.11. The maximum Gasteiger partial charge on any atom is 0.357 e. The first-order valence-corrected chi connectivity index (χ1v) is 11.5. The van der Waals surface area contributed by atoms with Crippen LogP contribution in [0.25, 0.3) is 10.6 Å². The zero-order valence-corrected chi connectivity index (χ0v) is 19.0. The monoisotopic (exact) mass is 464 g/mol. The largest absolute Gasteiger partial charge is 0.476 e. The third-order valence-electron chi connectivity index (χ3n) is 5.78. The van der Waals surface area contributed by atoms with Gasteiger partial charge in [-0.2, -0.15) is 0 Å². The van der Waals surface area contributed by atoms with Crippen LogP contribution in [0.2, 0.25) is 0 Å². The number of pyridine rings is 1. The van der Waals surface area contributed by atoms with Gasteiger partial charge in [-0.3, -0.25) is 14.6 Å². The summed E-state index contributed by atoms with van der Waals surface area (Å²) in [5, 5.41) is 12.9. The Hall–Kier alpha value is -3.59. The van der Waals surface area contributed by atoms with Crippen molar-refractivity contribution in [3.8, 4) is 10.6 Å². The van der Waals surface area contributed by atoms with E-state index in [0.29, 0.717) is 16.5 Å². The fourth-order valence-corrected chi connectivity index (χ4v) is 4.88. The number of amides is 2. The Kier molecular flexibility index (Phi) is 6.79. The molecule has 1 aliphatic heterocycles. The molecule has 0 unspecified atom stereocenters. The highest BCUT2D eigenvalue weighted by Gasteiger charge is 2.22. The standard InChI is InChI=1S/C24H24N4O4S/c1-15(29)28-12-8-17(9-13-28)14-16-2-4-18(5-3-16)21(30)27-23-20(24(31)32)26-22(33-23)19-6-10-25-11-7-19/h2-7,10-11,17H,8-9,12-14H2,1H3,(H,27,30)(H,31,32). The predicted octanol–water partition coefficient (Wildman–Crippen LogP) is 3.96. The number of carboxylic acids is 1. The van der Waals surface area contributed by atoms with E-state index in [1.165, 1.54) is 0 Å². The van der Waals surface area contributed by atoms with Gasteiger partial charge >= 0.3 is 5.97 Å². The molecule has 1 aliphatic rings. The molecular formula is C24H24N4O4S. The van der Waals surface area contributed by atoms with E-state index < -0.39 is 5.97 Å². The van der Waals surface area contributed by atoms with Crippen LogP contribution in [0.4, 0.5) is 5.00 Å². The average Bonchev–Trinajstić information content (AvgIpc) is 3.24. The molecule has 2 amide bonds. The van der Waals surface area contributed by atoms with E-state index in [1.807, 2.05) is 17.0 Å². The number of aromatic carboxylic acids is 1. The highest BCUT2D eigenvalue weighted by Crippen LogP contribution is 2.32. The molecule has 0 saturated carbocycles. The molecule has 8 nitrogen and oxygen atoms in total. The minimum atomic E-state index is -1.20. The number of rotatable bonds is 6. The van der Waals surface area contributed by atoms with Crippen LogP contribution in [-0.2, 0) is 11.2 Å². The summed E-state index contributed by atoms with van der Waals surface area (Å²) in [5.74, 6) is -0.942. The highest BCUT2D eigenvalue weighted by molar-refractivity contribution is 7.19. The van der Waals surface area contributed by atoms with Gasteiger partial charge < -0.3 is 15.3 Å². The van der Waals surface area contributed by atoms with Gasteiger partial charge in [0.25, 0.3) is 5.91 Å². The van der Waals surface area contributed by atoms with Crippen molar-refractivity contribution >= 4 is 34.1 Å².